The van der Waals surface area contributed by atoms with Crippen LogP contribution in [-0.4, -0.2) is 6.61 Å². The van der Waals surface area contributed by atoms with Crippen molar-refractivity contribution in [3.05, 3.63) is 23.5 Å². The molecule has 0 unspecified atom stereocenters. The fraction of sp³-hybridized carbons (Fsp3) is 0.333. The molecular weight excluding hydrogens is 171 g/mol. The van der Waals surface area contributed by atoms with Crippen LogP contribution < -0.4 is 16.2 Å². The third-order valence-corrected chi connectivity index (χ3v) is 2.17. The summed E-state index contributed by atoms with van der Waals surface area (Å²) in [7, 11) is 0. The summed E-state index contributed by atoms with van der Waals surface area (Å²) in [6.07, 6.45) is 0.704. The highest BCUT2D eigenvalue weighted by molar-refractivity contribution is 5.50. The second-order valence-electron chi connectivity index (χ2n) is 3.16. The van der Waals surface area contributed by atoms with Crippen molar-refractivity contribution in [3.63, 3.8) is 0 Å². The molecule has 0 spiro atoms. The minimum atomic E-state index is -0.426. The number of benzene rings is 1. The summed E-state index contributed by atoms with van der Waals surface area (Å²) in [5, 5.41) is 0. The SMILES string of the molecule is Nc1cc(F)c2c(c1)[C@@H](N)CCO2. The monoisotopic (exact) mass is 182 g/mol. The van der Waals surface area contributed by atoms with Crippen molar-refractivity contribution in [2.75, 3.05) is 12.3 Å². The molecule has 1 aliphatic rings. The number of ether oxygens (including phenoxy) is 1. The predicted molar refractivity (Wildman–Crippen MR) is 47.9 cm³/mol. The number of rotatable bonds is 0. The largest absolute Gasteiger partial charge is 0.490 e. The first kappa shape index (κ1) is 8.31. The summed E-state index contributed by atoms with van der Waals surface area (Å²) in [6.45, 7) is 0.467. The average molecular weight is 182 g/mol. The first-order valence-electron chi connectivity index (χ1n) is 4.16. The van der Waals surface area contributed by atoms with E-state index in [4.69, 9.17) is 16.2 Å². The molecule has 13 heavy (non-hydrogen) atoms. The Morgan fingerprint density at radius 1 is 1.46 bits per heavy atom. The second kappa shape index (κ2) is 2.88. The lowest BCUT2D eigenvalue weighted by atomic mass is 10.0. The van der Waals surface area contributed by atoms with Crippen molar-refractivity contribution < 1.29 is 9.13 Å². The molecule has 1 aromatic rings. The van der Waals surface area contributed by atoms with Crippen molar-refractivity contribution in [2.24, 2.45) is 5.73 Å². The number of nitrogens with two attached hydrogens (primary N) is 2. The van der Waals surface area contributed by atoms with E-state index in [-0.39, 0.29) is 11.8 Å². The maximum atomic E-state index is 13.2. The van der Waals surface area contributed by atoms with E-state index < -0.39 is 5.82 Å². The van der Waals surface area contributed by atoms with Crippen LogP contribution in [0, 0.1) is 5.82 Å². The maximum Gasteiger partial charge on any atom is 0.167 e. The van der Waals surface area contributed by atoms with E-state index in [1.165, 1.54) is 6.07 Å². The van der Waals surface area contributed by atoms with Crippen LogP contribution in [0.4, 0.5) is 10.1 Å². The lowest BCUT2D eigenvalue weighted by Gasteiger charge is -2.23. The molecule has 4 heteroatoms. The van der Waals surface area contributed by atoms with Gasteiger partial charge in [0.15, 0.2) is 11.6 Å². The van der Waals surface area contributed by atoms with Crippen molar-refractivity contribution in [1.29, 1.82) is 0 Å². The van der Waals surface area contributed by atoms with E-state index in [0.717, 1.165) is 0 Å². The van der Waals surface area contributed by atoms with Gasteiger partial charge >= 0.3 is 0 Å². The van der Waals surface area contributed by atoms with Crippen LogP contribution in [0.25, 0.3) is 0 Å². The quantitative estimate of drug-likeness (QED) is 0.592. The molecule has 1 atom stereocenters. The third-order valence-electron chi connectivity index (χ3n) is 2.17. The van der Waals surface area contributed by atoms with Gasteiger partial charge in [0.25, 0.3) is 0 Å². The lowest BCUT2D eigenvalue weighted by Crippen LogP contribution is -2.21. The highest BCUT2D eigenvalue weighted by Gasteiger charge is 2.21. The van der Waals surface area contributed by atoms with E-state index >= 15 is 0 Å². The first-order valence-corrected chi connectivity index (χ1v) is 4.16. The van der Waals surface area contributed by atoms with Crippen LogP contribution >= 0.6 is 0 Å². The van der Waals surface area contributed by atoms with Gasteiger partial charge in [-0.15, -0.1) is 0 Å². The molecule has 3 nitrogen and oxygen atoms in total. The zero-order chi connectivity index (χ0) is 9.42. The summed E-state index contributed by atoms with van der Waals surface area (Å²) in [5.74, 6) is -0.168. The Morgan fingerprint density at radius 3 is 3.00 bits per heavy atom. The minimum Gasteiger partial charge on any atom is -0.490 e. The van der Waals surface area contributed by atoms with Gasteiger partial charge in [0, 0.05) is 29.8 Å². The predicted octanol–water partition coefficient (Wildman–Crippen LogP) is 1.19. The molecular formula is C9H11FN2O. The Morgan fingerprint density at radius 2 is 2.23 bits per heavy atom. The molecule has 2 rings (SSSR count). The van der Waals surface area contributed by atoms with Crippen molar-refractivity contribution in [1.82, 2.24) is 0 Å². The Kier molecular flexibility index (Phi) is 1.84. The molecule has 0 amide bonds. The fourth-order valence-corrected chi connectivity index (χ4v) is 1.51. The van der Waals surface area contributed by atoms with Crippen molar-refractivity contribution in [3.8, 4) is 5.75 Å². The minimum absolute atomic E-state index is 0.165. The second-order valence-corrected chi connectivity index (χ2v) is 3.16. The summed E-state index contributed by atoms with van der Waals surface area (Å²) >= 11 is 0. The molecule has 1 heterocycles. The van der Waals surface area contributed by atoms with Gasteiger partial charge in [0.2, 0.25) is 0 Å². The topological polar surface area (TPSA) is 61.3 Å². The highest BCUT2D eigenvalue weighted by atomic mass is 19.1. The van der Waals surface area contributed by atoms with Gasteiger partial charge in [0.1, 0.15) is 0 Å². The zero-order valence-corrected chi connectivity index (χ0v) is 7.09. The Hall–Kier alpha value is -1.29. The van der Waals surface area contributed by atoms with Crippen molar-refractivity contribution in [2.45, 2.75) is 12.5 Å². The number of anilines is 1. The molecule has 4 N–H and O–H groups in total. The molecule has 1 aromatic carbocycles. The zero-order valence-electron chi connectivity index (χ0n) is 7.09. The molecule has 0 saturated carbocycles. The number of nitrogen functional groups attached to an aromatic ring is 1. The van der Waals surface area contributed by atoms with Gasteiger partial charge < -0.3 is 16.2 Å². The van der Waals surface area contributed by atoms with Gasteiger partial charge in [-0.2, -0.15) is 0 Å². The molecule has 0 fully saturated rings. The van der Waals surface area contributed by atoms with Crippen LogP contribution in [0.3, 0.4) is 0 Å². The summed E-state index contributed by atoms with van der Waals surface area (Å²) < 4.78 is 18.4. The maximum absolute atomic E-state index is 13.2. The standard InChI is InChI=1S/C9H11FN2O/c10-7-4-5(11)3-6-8(12)1-2-13-9(6)7/h3-4,8H,1-2,11-12H2/t8-/m0/s1. The molecule has 1 aliphatic heterocycles. The normalized spacial score (nSPS) is 20.6. The third kappa shape index (κ3) is 1.33. The summed E-state index contributed by atoms with van der Waals surface area (Å²) in [4.78, 5) is 0. The summed E-state index contributed by atoms with van der Waals surface area (Å²) in [5.41, 5.74) is 12.3. The number of hydrogen-bond donors (Lipinski definition) is 2. The lowest BCUT2D eigenvalue weighted by molar-refractivity contribution is 0.255. The van der Waals surface area contributed by atoms with E-state index in [9.17, 15) is 4.39 Å². The van der Waals surface area contributed by atoms with Gasteiger partial charge in [-0.25, -0.2) is 4.39 Å². The van der Waals surface area contributed by atoms with E-state index in [1.54, 1.807) is 6.07 Å². The van der Waals surface area contributed by atoms with Crippen LogP contribution in [0.1, 0.15) is 18.0 Å². The smallest absolute Gasteiger partial charge is 0.167 e. The number of hydrogen-bond acceptors (Lipinski definition) is 3. The van der Waals surface area contributed by atoms with E-state index in [0.29, 0.717) is 24.3 Å². The van der Waals surface area contributed by atoms with E-state index in [2.05, 4.69) is 0 Å². The van der Waals surface area contributed by atoms with Crippen LogP contribution in [0.2, 0.25) is 0 Å². The van der Waals surface area contributed by atoms with Gasteiger partial charge in [-0.3, -0.25) is 0 Å². The Bertz CT molecular complexity index is 341. The van der Waals surface area contributed by atoms with Gasteiger partial charge in [-0.05, 0) is 6.07 Å². The number of fused-ring (bicyclic) bond motifs is 1. The number of halogens is 1. The average Bonchev–Trinajstić information content (AvgIpc) is 2.07. The molecule has 0 saturated heterocycles. The Labute approximate surface area is 75.5 Å². The van der Waals surface area contributed by atoms with Crippen LogP contribution in [0.15, 0.2) is 12.1 Å². The van der Waals surface area contributed by atoms with Crippen LogP contribution in [0.5, 0.6) is 5.75 Å². The fourth-order valence-electron chi connectivity index (χ4n) is 1.51. The van der Waals surface area contributed by atoms with Crippen LogP contribution in [-0.2, 0) is 0 Å². The molecule has 0 aromatic heterocycles. The van der Waals surface area contributed by atoms with Crippen molar-refractivity contribution >= 4 is 5.69 Å². The molecule has 70 valence electrons. The highest BCUT2D eigenvalue weighted by Crippen LogP contribution is 2.34. The Balaban J connectivity index is 2.56. The molecule has 0 bridgehead atoms. The van der Waals surface area contributed by atoms with Gasteiger partial charge in [0.05, 0.1) is 6.61 Å². The summed E-state index contributed by atoms with van der Waals surface area (Å²) in [6, 6.07) is 2.75. The van der Waals surface area contributed by atoms with Gasteiger partial charge in [-0.1, -0.05) is 0 Å². The molecule has 0 aliphatic carbocycles. The van der Waals surface area contributed by atoms with E-state index in [1.807, 2.05) is 0 Å². The molecule has 0 radical (unpaired) electrons. The first-order chi connectivity index (χ1) is 6.18.